The molecular formula is C14H20N2O5. The van der Waals surface area contributed by atoms with Crippen molar-refractivity contribution in [2.45, 2.75) is 25.8 Å². The minimum Gasteiger partial charge on any atom is -0.475 e. The van der Waals surface area contributed by atoms with Crippen LogP contribution in [0.25, 0.3) is 0 Å². The average molecular weight is 296 g/mol. The van der Waals surface area contributed by atoms with Crippen LogP contribution in [0.3, 0.4) is 0 Å². The Morgan fingerprint density at radius 2 is 2.24 bits per heavy atom. The van der Waals surface area contributed by atoms with Crippen LogP contribution in [0.2, 0.25) is 0 Å². The van der Waals surface area contributed by atoms with Crippen LogP contribution in [0.4, 0.5) is 4.79 Å². The van der Waals surface area contributed by atoms with Gasteiger partial charge >= 0.3 is 12.0 Å². The maximum absolute atomic E-state index is 12.1. The molecule has 0 bridgehead atoms. The Balaban J connectivity index is 1.81. The molecule has 1 aromatic rings. The van der Waals surface area contributed by atoms with E-state index in [1.807, 2.05) is 0 Å². The Morgan fingerprint density at radius 1 is 1.43 bits per heavy atom. The number of carboxylic acids is 1. The second-order valence-electron chi connectivity index (χ2n) is 5.20. The first-order chi connectivity index (χ1) is 10.1. The van der Waals surface area contributed by atoms with E-state index in [1.54, 1.807) is 4.90 Å². The van der Waals surface area contributed by atoms with Crippen LogP contribution in [0, 0.1) is 5.92 Å². The van der Waals surface area contributed by atoms with Crippen LogP contribution in [0.15, 0.2) is 16.5 Å². The van der Waals surface area contributed by atoms with Crippen molar-refractivity contribution in [1.82, 2.24) is 10.2 Å². The highest BCUT2D eigenvalue weighted by Gasteiger charge is 2.23. The molecule has 1 aromatic heterocycles. The highest BCUT2D eigenvalue weighted by Crippen LogP contribution is 2.19. The molecule has 1 atom stereocenters. The first-order valence-electron chi connectivity index (χ1n) is 7.05. The van der Waals surface area contributed by atoms with Gasteiger partial charge in [-0.25, -0.2) is 9.59 Å². The highest BCUT2D eigenvalue weighted by atomic mass is 16.4. The molecular weight excluding hydrogens is 276 g/mol. The lowest BCUT2D eigenvalue weighted by molar-refractivity contribution is 0.0660. The van der Waals surface area contributed by atoms with Gasteiger partial charge in [-0.2, -0.15) is 0 Å². The molecule has 1 unspecified atom stereocenters. The molecule has 2 heterocycles. The molecule has 0 aromatic carbocycles. The first-order valence-corrected chi connectivity index (χ1v) is 7.05. The standard InChI is InChI=1S/C14H20N2O5/c17-7-5-10-2-1-6-16(9-10)14(20)15-8-11-3-4-12(21-11)13(18)19/h3-4,10,17H,1-2,5-9H2,(H,15,20)(H,18,19). The fourth-order valence-electron chi connectivity index (χ4n) is 2.53. The van der Waals surface area contributed by atoms with E-state index in [1.165, 1.54) is 12.1 Å². The molecule has 7 heteroatoms. The van der Waals surface area contributed by atoms with Crippen molar-refractivity contribution >= 4 is 12.0 Å². The number of rotatable bonds is 5. The lowest BCUT2D eigenvalue weighted by atomic mass is 9.95. The van der Waals surface area contributed by atoms with Gasteiger partial charge in [-0.15, -0.1) is 0 Å². The molecule has 7 nitrogen and oxygen atoms in total. The predicted molar refractivity (Wildman–Crippen MR) is 73.9 cm³/mol. The number of aliphatic hydroxyl groups is 1. The number of hydrogen-bond donors (Lipinski definition) is 3. The van der Waals surface area contributed by atoms with Crippen LogP contribution in [-0.2, 0) is 6.54 Å². The summed E-state index contributed by atoms with van der Waals surface area (Å²) in [6.45, 7) is 1.65. The molecule has 3 N–H and O–H groups in total. The average Bonchev–Trinajstić information content (AvgIpc) is 2.94. The van der Waals surface area contributed by atoms with Crippen molar-refractivity contribution in [2.75, 3.05) is 19.7 Å². The SMILES string of the molecule is O=C(O)c1ccc(CNC(=O)N2CCCC(CCO)C2)o1. The number of piperidine rings is 1. The van der Waals surface area contributed by atoms with Gasteiger partial charge in [-0.1, -0.05) is 0 Å². The Hall–Kier alpha value is -2.02. The quantitative estimate of drug-likeness (QED) is 0.759. The number of likely N-dealkylation sites (tertiary alicyclic amines) is 1. The maximum Gasteiger partial charge on any atom is 0.371 e. The molecule has 0 radical (unpaired) electrons. The van der Waals surface area contributed by atoms with Crippen LogP contribution in [-0.4, -0.2) is 46.8 Å². The van der Waals surface area contributed by atoms with E-state index < -0.39 is 5.97 Å². The van der Waals surface area contributed by atoms with Crippen molar-refractivity contribution in [1.29, 1.82) is 0 Å². The molecule has 1 fully saturated rings. The van der Waals surface area contributed by atoms with E-state index in [0.29, 0.717) is 31.2 Å². The molecule has 1 aliphatic rings. The maximum atomic E-state index is 12.1. The summed E-state index contributed by atoms with van der Waals surface area (Å²) in [6.07, 6.45) is 2.68. The number of urea groups is 1. The third-order valence-electron chi connectivity index (χ3n) is 3.63. The monoisotopic (exact) mass is 296 g/mol. The minimum absolute atomic E-state index is 0.139. The summed E-state index contributed by atoms with van der Waals surface area (Å²) in [6, 6.07) is 2.71. The molecule has 2 amide bonds. The third kappa shape index (κ3) is 4.22. The van der Waals surface area contributed by atoms with Crippen molar-refractivity contribution in [3.05, 3.63) is 23.7 Å². The zero-order valence-electron chi connectivity index (χ0n) is 11.7. The molecule has 0 spiro atoms. The van der Waals surface area contributed by atoms with Crippen LogP contribution < -0.4 is 5.32 Å². The lowest BCUT2D eigenvalue weighted by Gasteiger charge is -2.32. The topological polar surface area (TPSA) is 103 Å². The number of amides is 2. The van der Waals surface area contributed by atoms with Gasteiger partial charge in [0, 0.05) is 19.7 Å². The van der Waals surface area contributed by atoms with Gasteiger partial charge in [0.1, 0.15) is 5.76 Å². The van der Waals surface area contributed by atoms with Crippen LogP contribution >= 0.6 is 0 Å². The number of furan rings is 1. The van der Waals surface area contributed by atoms with E-state index in [-0.39, 0.29) is 24.9 Å². The number of aromatic carboxylic acids is 1. The largest absolute Gasteiger partial charge is 0.475 e. The van der Waals surface area contributed by atoms with Gasteiger partial charge in [0.15, 0.2) is 0 Å². The summed E-state index contributed by atoms with van der Waals surface area (Å²) in [4.78, 5) is 24.5. The van der Waals surface area contributed by atoms with Gasteiger partial charge in [0.2, 0.25) is 5.76 Å². The van der Waals surface area contributed by atoms with Crippen molar-refractivity contribution < 1.29 is 24.2 Å². The van der Waals surface area contributed by atoms with Crippen molar-refractivity contribution in [2.24, 2.45) is 5.92 Å². The highest BCUT2D eigenvalue weighted by molar-refractivity contribution is 5.84. The Morgan fingerprint density at radius 3 is 2.90 bits per heavy atom. The lowest BCUT2D eigenvalue weighted by Crippen LogP contribution is -2.45. The summed E-state index contributed by atoms with van der Waals surface area (Å²) >= 11 is 0. The van der Waals surface area contributed by atoms with Crippen molar-refractivity contribution in [3.8, 4) is 0 Å². The van der Waals surface area contributed by atoms with Gasteiger partial charge in [-0.3, -0.25) is 0 Å². The van der Waals surface area contributed by atoms with Gasteiger partial charge in [-0.05, 0) is 37.3 Å². The number of nitrogens with one attached hydrogen (secondary N) is 1. The Kier molecular flexibility index (Phi) is 5.21. The second kappa shape index (κ2) is 7.12. The van der Waals surface area contributed by atoms with E-state index >= 15 is 0 Å². The van der Waals surface area contributed by atoms with Gasteiger partial charge in [0.25, 0.3) is 0 Å². The minimum atomic E-state index is -1.13. The molecule has 116 valence electrons. The van der Waals surface area contributed by atoms with E-state index in [2.05, 4.69) is 5.32 Å². The third-order valence-corrected chi connectivity index (χ3v) is 3.63. The molecule has 1 aliphatic heterocycles. The van der Waals surface area contributed by atoms with E-state index in [0.717, 1.165) is 12.8 Å². The summed E-state index contributed by atoms with van der Waals surface area (Å²) in [5.41, 5.74) is 0. The Labute approximate surface area is 122 Å². The predicted octanol–water partition coefficient (Wildman–Crippen LogP) is 1.28. The van der Waals surface area contributed by atoms with Crippen LogP contribution in [0.5, 0.6) is 0 Å². The smallest absolute Gasteiger partial charge is 0.371 e. The number of carbonyl (C=O) groups excluding carboxylic acids is 1. The first kappa shape index (κ1) is 15.4. The van der Waals surface area contributed by atoms with E-state index in [4.69, 9.17) is 14.6 Å². The van der Waals surface area contributed by atoms with E-state index in [9.17, 15) is 9.59 Å². The second-order valence-corrected chi connectivity index (χ2v) is 5.20. The number of carbonyl (C=O) groups is 2. The zero-order chi connectivity index (χ0) is 15.2. The fourth-order valence-corrected chi connectivity index (χ4v) is 2.53. The molecule has 1 saturated heterocycles. The summed E-state index contributed by atoms with van der Waals surface area (Å²) in [5.74, 6) is -0.517. The molecule has 21 heavy (non-hydrogen) atoms. The number of carboxylic acid groups (broad SMARTS) is 1. The summed E-state index contributed by atoms with van der Waals surface area (Å²) in [7, 11) is 0. The number of hydrogen-bond acceptors (Lipinski definition) is 4. The van der Waals surface area contributed by atoms with Crippen LogP contribution in [0.1, 0.15) is 35.6 Å². The molecule has 2 rings (SSSR count). The van der Waals surface area contributed by atoms with Gasteiger partial charge < -0.3 is 24.8 Å². The zero-order valence-corrected chi connectivity index (χ0v) is 11.7. The van der Waals surface area contributed by atoms with Crippen molar-refractivity contribution in [3.63, 3.8) is 0 Å². The number of aliphatic hydroxyl groups excluding tert-OH is 1. The summed E-state index contributed by atoms with van der Waals surface area (Å²) < 4.78 is 5.08. The molecule has 0 aliphatic carbocycles. The van der Waals surface area contributed by atoms with Gasteiger partial charge in [0.05, 0.1) is 6.54 Å². The Bertz CT molecular complexity index is 497. The summed E-state index contributed by atoms with van der Waals surface area (Å²) in [5, 5.41) is 20.4. The number of nitrogens with zero attached hydrogens (tertiary/aromatic N) is 1. The molecule has 0 saturated carbocycles. The fraction of sp³-hybridized carbons (Fsp3) is 0.571. The normalized spacial score (nSPS) is 18.5.